The molecule has 2 aromatic rings. The van der Waals surface area contributed by atoms with Crippen LogP contribution in [-0.2, 0) is 18.3 Å². The van der Waals surface area contributed by atoms with Crippen molar-refractivity contribution >= 4 is 17.2 Å². The maximum Gasteiger partial charge on any atom is 0.252 e. The van der Waals surface area contributed by atoms with E-state index in [0.29, 0.717) is 12.5 Å². The lowest BCUT2D eigenvalue weighted by atomic mass is 9.79. The van der Waals surface area contributed by atoms with Crippen molar-refractivity contribution in [3.63, 3.8) is 0 Å². The number of nitrogens with one attached hydrogen (secondary N) is 1. The van der Waals surface area contributed by atoms with Crippen molar-refractivity contribution in [3.05, 3.63) is 39.8 Å². The highest BCUT2D eigenvalue weighted by Crippen LogP contribution is 2.42. The number of hydrogen-bond acceptors (Lipinski definition) is 5. The van der Waals surface area contributed by atoms with E-state index in [4.69, 9.17) is 4.74 Å². The first-order valence-corrected chi connectivity index (χ1v) is 10.2. The summed E-state index contributed by atoms with van der Waals surface area (Å²) in [5, 5.41) is 11.3. The molecule has 0 saturated carbocycles. The van der Waals surface area contributed by atoms with Gasteiger partial charge in [-0.3, -0.25) is 14.4 Å². The molecule has 0 aliphatic carbocycles. The van der Waals surface area contributed by atoms with Crippen LogP contribution in [0, 0.1) is 12.8 Å². The van der Waals surface area contributed by atoms with E-state index in [-0.39, 0.29) is 11.5 Å². The molecule has 7 heteroatoms. The third kappa shape index (κ3) is 3.43. The summed E-state index contributed by atoms with van der Waals surface area (Å²) in [5.41, 5.74) is 3.05. The Bertz CT molecular complexity index is 765. The topological polar surface area (TPSA) is 59.4 Å². The minimum absolute atomic E-state index is 0.0131. The Morgan fingerprint density at radius 2 is 2.35 bits per heavy atom. The fourth-order valence-corrected chi connectivity index (χ4v) is 4.90. The normalized spacial score (nSPS) is 21.8. The number of aryl methyl sites for hydroxylation is 2. The minimum Gasteiger partial charge on any atom is -0.372 e. The second kappa shape index (κ2) is 7.13. The van der Waals surface area contributed by atoms with E-state index in [1.807, 2.05) is 35.5 Å². The van der Waals surface area contributed by atoms with Gasteiger partial charge in [0.25, 0.3) is 5.91 Å². The van der Waals surface area contributed by atoms with Crippen molar-refractivity contribution < 1.29 is 9.53 Å². The van der Waals surface area contributed by atoms with Crippen LogP contribution in [0.4, 0.5) is 0 Å². The van der Waals surface area contributed by atoms with Crippen LogP contribution in [-0.4, -0.2) is 52.4 Å². The number of ether oxygens (including phenoxy) is 1. The number of hydrogen-bond donors (Lipinski definition) is 1. The van der Waals surface area contributed by atoms with Gasteiger partial charge in [-0.15, -0.1) is 0 Å². The molecule has 1 atom stereocenters. The summed E-state index contributed by atoms with van der Waals surface area (Å²) >= 11 is 1.55. The summed E-state index contributed by atoms with van der Waals surface area (Å²) in [6.45, 7) is 6.44. The molecule has 0 aromatic carbocycles. The molecule has 4 rings (SSSR count). The Morgan fingerprint density at radius 1 is 1.50 bits per heavy atom. The molecule has 6 nitrogen and oxygen atoms in total. The molecule has 2 saturated heterocycles. The van der Waals surface area contributed by atoms with Gasteiger partial charge in [-0.05, 0) is 43.2 Å². The molecular formula is C19H26N4O2S. The molecule has 4 heterocycles. The van der Waals surface area contributed by atoms with Crippen molar-refractivity contribution in [2.45, 2.75) is 31.9 Å². The molecule has 140 valence electrons. The molecule has 2 aliphatic heterocycles. The zero-order valence-electron chi connectivity index (χ0n) is 15.4. The van der Waals surface area contributed by atoms with E-state index in [1.165, 1.54) is 5.69 Å². The van der Waals surface area contributed by atoms with E-state index in [1.54, 1.807) is 11.3 Å². The number of carbonyl (C=O) groups is 1. The standard InChI is InChI=1S/C19H26N4O2S/c1-14-9-17(22(2)21-14)10-23-12-19(13-23)16(4-7-25-19)3-6-20-18(24)15-5-8-26-11-15/h5,8-9,11,16H,3-4,6-7,10,12-13H2,1-2H3,(H,20,24)/t16-/m1/s1. The van der Waals surface area contributed by atoms with Gasteiger partial charge < -0.3 is 10.1 Å². The van der Waals surface area contributed by atoms with E-state index in [9.17, 15) is 4.79 Å². The molecule has 2 fully saturated rings. The molecule has 0 bridgehead atoms. The van der Waals surface area contributed by atoms with Crippen molar-refractivity contribution in [3.8, 4) is 0 Å². The lowest BCUT2D eigenvalue weighted by Crippen LogP contribution is -2.64. The molecular weight excluding hydrogens is 348 g/mol. The number of rotatable bonds is 6. The molecule has 2 aliphatic rings. The van der Waals surface area contributed by atoms with Gasteiger partial charge >= 0.3 is 0 Å². The van der Waals surface area contributed by atoms with E-state index >= 15 is 0 Å². The Labute approximate surface area is 158 Å². The fraction of sp³-hybridized carbons (Fsp3) is 0.579. The van der Waals surface area contributed by atoms with Crippen LogP contribution >= 0.6 is 11.3 Å². The maximum absolute atomic E-state index is 12.1. The van der Waals surface area contributed by atoms with Gasteiger partial charge in [0, 0.05) is 50.8 Å². The van der Waals surface area contributed by atoms with E-state index in [0.717, 1.165) is 50.3 Å². The van der Waals surface area contributed by atoms with Gasteiger partial charge in [0.05, 0.1) is 17.0 Å². The van der Waals surface area contributed by atoms with Gasteiger partial charge in [-0.2, -0.15) is 16.4 Å². The maximum atomic E-state index is 12.1. The zero-order valence-corrected chi connectivity index (χ0v) is 16.2. The van der Waals surface area contributed by atoms with Crippen LogP contribution in [0.3, 0.4) is 0 Å². The highest BCUT2D eigenvalue weighted by Gasteiger charge is 2.52. The number of nitrogens with zero attached hydrogens (tertiary/aromatic N) is 3. The lowest BCUT2D eigenvalue weighted by Gasteiger charge is -2.50. The van der Waals surface area contributed by atoms with Crippen molar-refractivity contribution in [1.82, 2.24) is 20.0 Å². The van der Waals surface area contributed by atoms with Crippen LogP contribution in [0.15, 0.2) is 22.9 Å². The van der Waals surface area contributed by atoms with Gasteiger partial charge in [0.15, 0.2) is 0 Å². The van der Waals surface area contributed by atoms with Crippen LogP contribution in [0.25, 0.3) is 0 Å². The second-order valence-corrected chi connectivity index (χ2v) is 8.28. The van der Waals surface area contributed by atoms with Crippen LogP contribution in [0.2, 0.25) is 0 Å². The third-order valence-electron chi connectivity index (χ3n) is 5.63. The van der Waals surface area contributed by atoms with Gasteiger partial charge in [0.1, 0.15) is 0 Å². The van der Waals surface area contributed by atoms with Crippen molar-refractivity contribution in [2.24, 2.45) is 13.0 Å². The van der Waals surface area contributed by atoms with E-state index < -0.39 is 0 Å². The van der Waals surface area contributed by atoms with Crippen LogP contribution in [0.5, 0.6) is 0 Å². The summed E-state index contributed by atoms with van der Waals surface area (Å²) in [7, 11) is 2.00. The Kier molecular flexibility index (Phi) is 4.86. The molecule has 1 N–H and O–H groups in total. The summed E-state index contributed by atoms with van der Waals surface area (Å²) in [5.74, 6) is 0.552. The summed E-state index contributed by atoms with van der Waals surface area (Å²) in [6, 6.07) is 4.02. The average molecular weight is 375 g/mol. The van der Waals surface area contributed by atoms with E-state index in [2.05, 4.69) is 21.4 Å². The second-order valence-electron chi connectivity index (χ2n) is 7.50. The quantitative estimate of drug-likeness (QED) is 0.842. The SMILES string of the molecule is Cc1cc(CN2CC3(C2)OCC[C@H]3CCNC(=O)c2ccsc2)n(C)n1. The fourth-order valence-electron chi connectivity index (χ4n) is 4.26. The van der Waals surface area contributed by atoms with Crippen molar-refractivity contribution in [1.29, 1.82) is 0 Å². The van der Waals surface area contributed by atoms with Crippen LogP contribution in [0.1, 0.15) is 34.6 Å². The summed E-state index contributed by atoms with van der Waals surface area (Å²) in [4.78, 5) is 14.5. The zero-order chi connectivity index (χ0) is 18.1. The molecule has 1 spiro atoms. The molecule has 2 aromatic heterocycles. The minimum atomic E-state index is -0.0131. The monoisotopic (exact) mass is 374 g/mol. The highest BCUT2D eigenvalue weighted by molar-refractivity contribution is 7.08. The average Bonchev–Trinajstić information content (AvgIpc) is 3.28. The van der Waals surface area contributed by atoms with Gasteiger partial charge in [-0.1, -0.05) is 0 Å². The third-order valence-corrected chi connectivity index (χ3v) is 6.31. The number of thiophene rings is 1. The highest BCUT2D eigenvalue weighted by atomic mass is 32.1. The largest absolute Gasteiger partial charge is 0.372 e. The van der Waals surface area contributed by atoms with Crippen LogP contribution < -0.4 is 5.32 Å². The molecule has 0 radical (unpaired) electrons. The number of carbonyl (C=O) groups excluding carboxylic acids is 1. The van der Waals surface area contributed by atoms with Crippen molar-refractivity contribution in [2.75, 3.05) is 26.2 Å². The molecule has 26 heavy (non-hydrogen) atoms. The summed E-state index contributed by atoms with van der Waals surface area (Å²) < 4.78 is 8.11. The first-order valence-electron chi connectivity index (χ1n) is 9.22. The Hall–Kier alpha value is -1.70. The smallest absolute Gasteiger partial charge is 0.252 e. The number of amides is 1. The Morgan fingerprint density at radius 3 is 3.04 bits per heavy atom. The number of aromatic nitrogens is 2. The summed E-state index contributed by atoms with van der Waals surface area (Å²) in [6.07, 6.45) is 2.07. The first kappa shape index (κ1) is 17.7. The molecule has 1 amide bonds. The Balaban J connectivity index is 1.26. The first-order chi connectivity index (χ1) is 12.6. The molecule has 0 unspecified atom stereocenters. The predicted octanol–water partition coefficient (Wildman–Crippen LogP) is 2.20. The predicted molar refractivity (Wildman–Crippen MR) is 101 cm³/mol. The van der Waals surface area contributed by atoms with Gasteiger partial charge in [-0.25, -0.2) is 0 Å². The lowest BCUT2D eigenvalue weighted by molar-refractivity contribution is -0.137. The number of likely N-dealkylation sites (tertiary alicyclic amines) is 1. The van der Waals surface area contributed by atoms with Gasteiger partial charge in [0.2, 0.25) is 0 Å².